The summed E-state index contributed by atoms with van der Waals surface area (Å²) in [6.07, 6.45) is 2.01. The van der Waals surface area contributed by atoms with Gasteiger partial charge in [0.1, 0.15) is 5.75 Å². The molecule has 1 aliphatic rings. The maximum Gasteiger partial charge on any atom is 0.232 e. The number of hydrogen-bond acceptors (Lipinski definition) is 5. The van der Waals surface area contributed by atoms with Gasteiger partial charge in [0.05, 0.1) is 0 Å². The van der Waals surface area contributed by atoms with Gasteiger partial charge >= 0.3 is 0 Å². The zero-order valence-corrected chi connectivity index (χ0v) is 10.9. The van der Waals surface area contributed by atoms with Crippen molar-refractivity contribution in [3.63, 3.8) is 0 Å². The molecule has 2 heterocycles. The average molecular weight is 259 g/mol. The number of piperidine rings is 1. The molecule has 2 N–H and O–H groups in total. The van der Waals surface area contributed by atoms with E-state index in [2.05, 4.69) is 22.4 Å². The quantitative estimate of drug-likeness (QED) is 0.864. The van der Waals surface area contributed by atoms with Gasteiger partial charge in [0.15, 0.2) is 0 Å². The molecule has 0 amide bonds. The largest absolute Gasteiger partial charge is 0.508 e. The number of aromatic hydroxyl groups is 1. The fourth-order valence-electron chi connectivity index (χ4n) is 2.39. The molecule has 1 aromatic carbocycles. The number of hydrogen-bond donors (Lipinski definition) is 2. The summed E-state index contributed by atoms with van der Waals surface area (Å²) in [6.45, 7) is 4.13. The lowest BCUT2D eigenvalue weighted by Gasteiger charge is -2.30. The summed E-state index contributed by atoms with van der Waals surface area (Å²) < 4.78 is 5.44. The Morgan fingerprint density at radius 3 is 2.58 bits per heavy atom. The van der Waals surface area contributed by atoms with Crippen LogP contribution in [0.3, 0.4) is 0 Å². The van der Waals surface area contributed by atoms with Crippen LogP contribution in [0.1, 0.15) is 25.7 Å². The standard InChI is InChI=1S/C14H17N3O2/c1-14(6-8-15-9-7-14)13-16-12(17-19-13)10-2-4-11(18)5-3-10/h2-5,15,18H,6-9H2,1H3. The second-order valence-corrected chi connectivity index (χ2v) is 5.28. The van der Waals surface area contributed by atoms with Crippen LogP contribution in [0.15, 0.2) is 28.8 Å². The number of phenolic OH excluding ortho intramolecular Hbond substituents is 1. The van der Waals surface area contributed by atoms with Crippen molar-refractivity contribution in [2.45, 2.75) is 25.2 Å². The third-order valence-corrected chi connectivity index (χ3v) is 3.77. The first-order chi connectivity index (χ1) is 9.17. The Bertz CT molecular complexity index is 556. The second kappa shape index (κ2) is 4.66. The molecular formula is C14H17N3O2. The van der Waals surface area contributed by atoms with Gasteiger partial charge in [0.2, 0.25) is 11.7 Å². The topological polar surface area (TPSA) is 71.2 Å². The summed E-state index contributed by atoms with van der Waals surface area (Å²) in [5.41, 5.74) is 0.818. The van der Waals surface area contributed by atoms with E-state index in [0.717, 1.165) is 31.5 Å². The van der Waals surface area contributed by atoms with Crippen molar-refractivity contribution in [2.75, 3.05) is 13.1 Å². The molecule has 5 heteroatoms. The Labute approximate surface area is 111 Å². The second-order valence-electron chi connectivity index (χ2n) is 5.28. The van der Waals surface area contributed by atoms with Crippen molar-refractivity contribution < 1.29 is 9.63 Å². The number of nitrogens with zero attached hydrogens (tertiary/aromatic N) is 2. The molecule has 19 heavy (non-hydrogen) atoms. The van der Waals surface area contributed by atoms with E-state index >= 15 is 0 Å². The molecule has 1 aromatic heterocycles. The number of benzene rings is 1. The van der Waals surface area contributed by atoms with Crippen molar-refractivity contribution in [1.82, 2.24) is 15.5 Å². The van der Waals surface area contributed by atoms with Gasteiger partial charge in [-0.25, -0.2) is 0 Å². The first-order valence-electron chi connectivity index (χ1n) is 6.52. The zero-order valence-electron chi connectivity index (χ0n) is 10.9. The molecular weight excluding hydrogens is 242 g/mol. The van der Waals surface area contributed by atoms with Gasteiger partial charge in [0.25, 0.3) is 0 Å². The molecule has 100 valence electrons. The fourth-order valence-corrected chi connectivity index (χ4v) is 2.39. The molecule has 1 saturated heterocycles. The van der Waals surface area contributed by atoms with Crippen molar-refractivity contribution in [2.24, 2.45) is 0 Å². The summed E-state index contributed by atoms with van der Waals surface area (Å²) in [5.74, 6) is 1.52. The van der Waals surface area contributed by atoms with Crippen LogP contribution < -0.4 is 5.32 Å². The summed E-state index contributed by atoms with van der Waals surface area (Å²) in [4.78, 5) is 4.52. The summed E-state index contributed by atoms with van der Waals surface area (Å²) in [5, 5.41) is 16.7. The molecule has 5 nitrogen and oxygen atoms in total. The third kappa shape index (κ3) is 2.33. The predicted molar refractivity (Wildman–Crippen MR) is 70.9 cm³/mol. The maximum absolute atomic E-state index is 9.28. The Morgan fingerprint density at radius 2 is 1.89 bits per heavy atom. The molecule has 0 saturated carbocycles. The molecule has 1 aliphatic heterocycles. The molecule has 1 fully saturated rings. The van der Waals surface area contributed by atoms with E-state index in [4.69, 9.17) is 4.52 Å². The highest BCUT2D eigenvalue weighted by atomic mass is 16.5. The summed E-state index contributed by atoms with van der Waals surface area (Å²) >= 11 is 0. The van der Waals surface area contributed by atoms with Crippen LogP contribution in [0.4, 0.5) is 0 Å². The van der Waals surface area contributed by atoms with E-state index in [0.29, 0.717) is 11.7 Å². The lowest BCUT2D eigenvalue weighted by Crippen LogP contribution is -2.37. The van der Waals surface area contributed by atoms with E-state index in [-0.39, 0.29) is 11.2 Å². The SMILES string of the molecule is CC1(c2nc(-c3ccc(O)cc3)no2)CCNCC1. The van der Waals surface area contributed by atoms with Gasteiger partial charge in [-0.2, -0.15) is 4.98 Å². The van der Waals surface area contributed by atoms with Crippen LogP contribution in [0.25, 0.3) is 11.4 Å². The summed E-state index contributed by atoms with van der Waals surface area (Å²) in [7, 11) is 0. The molecule has 0 radical (unpaired) electrons. The van der Waals surface area contributed by atoms with E-state index in [1.54, 1.807) is 24.3 Å². The molecule has 0 spiro atoms. The van der Waals surface area contributed by atoms with E-state index in [1.807, 2.05) is 0 Å². The lowest BCUT2D eigenvalue weighted by atomic mass is 9.81. The van der Waals surface area contributed by atoms with Crippen LogP contribution in [0, 0.1) is 0 Å². The van der Waals surface area contributed by atoms with Gasteiger partial charge in [-0.05, 0) is 50.2 Å². The first-order valence-corrected chi connectivity index (χ1v) is 6.52. The zero-order chi connectivity index (χ0) is 13.3. The molecule has 0 unspecified atom stereocenters. The predicted octanol–water partition coefficient (Wildman–Crippen LogP) is 2.08. The van der Waals surface area contributed by atoms with E-state index < -0.39 is 0 Å². The minimum Gasteiger partial charge on any atom is -0.508 e. The lowest BCUT2D eigenvalue weighted by molar-refractivity contribution is 0.241. The summed E-state index contributed by atoms with van der Waals surface area (Å²) in [6, 6.07) is 6.82. The number of phenols is 1. The highest BCUT2D eigenvalue weighted by Crippen LogP contribution is 2.32. The number of nitrogens with one attached hydrogen (secondary N) is 1. The van der Waals surface area contributed by atoms with Crippen molar-refractivity contribution in [3.05, 3.63) is 30.2 Å². The minimum atomic E-state index is -0.0343. The molecule has 2 aromatic rings. The van der Waals surface area contributed by atoms with E-state index in [9.17, 15) is 5.11 Å². The number of aromatic nitrogens is 2. The van der Waals surface area contributed by atoms with Gasteiger partial charge in [-0.3, -0.25) is 0 Å². The van der Waals surface area contributed by atoms with Crippen LogP contribution in [0.2, 0.25) is 0 Å². The van der Waals surface area contributed by atoms with Crippen molar-refractivity contribution in [3.8, 4) is 17.1 Å². The highest BCUT2D eigenvalue weighted by Gasteiger charge is 2.34. The van der Waals surface area contributed by atoms with Crippen molar-refractivity contribution in [1.29, 1.82) is 0 Å². The van der Waals surface area contributed by atoms with E-state index in [1.165, 1.54) is 0 Å². The van der Waals surface area contributed by atoms with Crippen molar-refractivity contribution >= 4 is 0 Å². The molecule has 0 bridgehead atoms. The highest BCUT2D eigenvalue weighted by molar-refractivity contribution is 5.55. The van der Waals surface area contributed by atoms with Crippen LogP contribution >= 0.6 is 0 Å². The average Bonchev–Trinajstić information content (AvgIpc) is 2.91. The van der Waals surface area contributed by atoms with Gasteiger partial charge < -0.3 is 14.9 Å². The fraction of sp³-hybridized carbons (Fsp3) is 0.429. The molecule has 3 rings (SSSR count). The normalized spacial score (nSPS) is 18.4. The first kappa shape index (κ1) is 12.2. The van der Waals surface area contributed by atoms with Crippen LogP contribution in [0.5, 0.6) is 5.75 Å². The van der Waals surface area contributed by atoms with Gasteiger partial charge in [0, 0.05) is 11.0 Å². The number of rotatable bonds is 2. The Balaban J connectivity index is 1.88. The molecule has 0 aliphatic carbocycles. The smallest absolute Gasteiger partial charge is 0.232 e. The molecule has 0 atom stereocenters. The minimum absolute atomic E-state index is 0.0343. The Kier molecular flexibility index (Phi) is 2.98. The Hall–Kier alpha value is -1.88. The van der Waals surface area contributed by atoms with Gasteiger partial charge in [-0.15, -0.1) is 0 Å². The maximum atomic E-state index is 9.28. The monoisotopic (exact) mass is 259 g/mol. The third-order valence-electron chi connectivity index (χ3n) is 3.77. The van der Waals surface area contributed by atoms with Crippen LogP contribution in [-0.2, 0) is 5.41 Å². The Morgan fingerprint density at radius 1 is 1.21 bits per heavy atom. The van der Waals surface area contributed by atoms with Gasteiger partial charge in [-0.1, -0.05) is 12.1 Å². The van der Waals surface area contributed by atoms with Crippen LogP contribution in [-0.4, -0.2) is 28.3 Å².